The Morgan fingerprint density at radius 3 is 2.75 bits per heavy atom. The largest absolute Gasteiger partial charge is 0.324 e. The topological polar surface area (TPSA) is 56.7 Å². The molecule has 1 heterocycles. The van der Waals surface area contributed by atoms with E-state index in [9.17, 15) is 4.39 Å². The Bertz CT molecular complexity index is 577. The van der Waals surface area contributed by atoms with Gasteiger partial charge in [-0.15, -0.1) is 0 Å². The molecule has 1 unspecified atom stereocenters. The fraction of sp³-hybridized carbons (Fsp3) is 0.467. The maximum atomic E-state index is 13.6. The SMILES string of the molecule is Cc1ccc(C(N)Cc2ncnn2CC(C)C)cc1F. The highest BCUT2D eigenvalue weighted by Gasteiger charge is 2.14. The van der Waals surface area contributed by atoms with E-state index in [2.05, 4.69) is 23.9 Å². The fourth-order valence-corrected chi connectivity index (χ4v) is 2.10. The highest BCUT2D eigenvalue weighted by atomic mass is 19.1. The Kier molecular flexibility index (Phi) is 4.49. The highest BCUT2D eigenvalue weighted by molar-refractivity contribution is 5.26. The monoisotopic (exact) mass is 276 g/mol. The first-order valence-corrected chi connectivity index (χ1v) is 6.85. The lowest BCUT2D eigenvalue weighted by Gasteiger charge is -2.14. The van der Waals surface area contributed by atoms with E-state index in [0.717, 1.165) is 17.9 Å². The quantitative estimate of drug-likeness (QED) is 0.913. The summed E-state index contributed by atoms with van der Waals surface area (Å²) in [6.45, 7) is 6.80. The van der Waals surface area contributed by atoms with Crippen molar-refractivity contribution in [2.75, 3.05) is 0 Å². The first kappa shape index (κ1) is 14.7. The summed E-state index contributed by atoms with van der Waals surface area (Å²) in [6, 6.07) is 4.85. The molecule has 1 aromatic carbocycles. The average molecular weight is 276 g/mol. The number of aromatic nitrogens is 3. The van der Waals surface area contributed by atoms with Crippen LogP contribution in [0.25, 0.3) is 0 Å². The van der Waals surface area contributed by atoms with Gasteiger partial charge in [-0.2, -0.15) is 5.10 Å². The van der Waals surface area contributed by atoms with Gasteiger partial charge in [0.15, 0.2) is 0 Å². The van der Waals surface area contributed by atoms with Crippen LogP contribution in [-0.2, 0) is 13.0 Å². The summed E-state index contributed by atoms with van der Waals surface area (Å²) in [6.07, 6.45) is 2.09. The lowest BCUT2D eigenvalue weighted by molar-refractivity contribution is 0.459. The van der Waals surface area contributed by atoms with E-state index >= 15 is 0 Å². The minimum Gasteiger partial charge on any atom is -0.324 e. The van der Waals surface area contributed by atoms with E-state index < -0.39 is 0 Å². The Morgan fingerprint density at radius 1 is 1.35 bits per heavy atom. The van der Waals surface area contributed by atoms with E-state index in [0.29, 0.717) is 17.9 Å². The first-order chi connectivity index (χ1) is 9.47. The number of benzene rings is 1. The third kappa shape index (κ3) is 3.42. The van der Waals surface area contributed by atoms with Crippen molar-refractivity contribution < 1.29 is 4.39 Å². The Labute approximate surface area is 118 Å². The summed E-state index contributed by atoms with van der Waals surface area (Å²) in [7, 11) is 0. The number of nitrogens with two attached hydrogens (primary N) is 1. The molecule has 0 fully saturated rings. The van der Waals surface area contributed by atoms with Crippen molar-refractivity contribution in [1.82, 2.24) is 14.8 Å². The van der Waals surface area contributed by atoms with Crippen molar-refractivity contribution in [3.05, 3.63) is 47.3 Å². The van der Waals surface area contributed by atoms with Crippen LogP contribution in [-0.4, -0.2) is 14.8 Å². The van der Waals surface area contributed by atoms with E-state index in [-0.39, 0.29) is 11.9 Å². The molecule has 0 spiro atoms. The molecule has 0 saturated carbocycles. The fourth-order valence-electron chi connectivity index (χ4n) is 2.10. The summed E-state index contributed by atoms with van der Waals surface area (Å²) in [5.41, 5.74) is 7.57. The molecule has 0 amide bonds. The van der Waals surface area contributed by atoms with Gasteiger partial charge in [0.1, 0.15) is 18.0 Å². The third-order valence-corrected chi connectivity index (χ3v) is 3.26. The molecule has 1 atom stereocenters. The number of nitrogens with zero attached hydrogens (tertiary/aromatic N) is 3. The molecule has 0 aliphatic carbocycles. The van der Waals surface area contributed by atoms with E-state index in [1.165, 1.54) is 6.07 Å². The molecule has 0 aliphatic heterocycles. The van der Waals surface area contributed by atoms with Crippen molar-refractivity contribution in [3.8, 4) is 0 Å². The van der Waals surface area contributed by atoms with Crippen molar-refractivity contribution in [3.63, 3.8) is 0 Å². The number of hydrogen-bond acceptors (Lipinski definition) is 3. The van der Waals surface area contributed by atoms with Gasteiger partial charge < -0.3 is 5.73 Å². The summed E-state index contributed by atoms with van der Waals surface area (Å²) in [5.74, 6) is 1.11. The van der Waals surface area contributed by atoms with Gasteiger partial charge in [-0.1, -0.05) is 26.0 Å². The van der Waals surface area contributed by atoms with Gasteiger partial charge in [-0.25, -0.2) is 14.1 Å². The van der Waals surface area contributed by atoms with Gasteiger partial charge in [-0.05, 0) is 30.0 Å². The molecule has 2 rings (SSSR count). The van der Waals surface area contributed by atoms with Crippen LogP contribution < -0.4 is 5.73 Å². The summed E-state index contributed by atoms with van der Waals surface area (Å²) >= 11 is 0. The van der Waals surface area contributed by atoms with Crippen molar-refractivity contribution in [1.29, 1.82) is 0 Å². The van der Waals surface area contributed by atoms with Crippen molar-refractivity contribution in [2.24, 2.45) is 11.7 Å². The summed E-state index contributed by atoms with van der Waals surface area (Å²) in [4.78, 5) is 4.25. The minimum atomic E-state index is -0.278. The van der Waals surface area contributed by atoms with Gasteiger partial charge in [0, 0.05) is 19.0 Å². The van der Waals surface area contributed by atoms with Crippen LogP contribution in [0.3, 0.4) is 0 Å². The number of aryl methyl sites for hydroxylation is 1. The van der Waals surface area contributed by atoms with Crippen LogP contribution >= 0.6 is 0 Å². The van der Waals surface area contributed by atoms with E-state index in [1.54, 1.807) is 19.3 Å². The van der Waals surface area contributed by atoms with E-state index in [1.807, 2.05) is 10.7 Å². The lowest BCUT2D eigenvalue weighted by atomic mass is 10.0. The summed E-state index contributed by atoms with van der Waals surface area (Å²) < 4.78 is 15.5. The summed E-state index contributed by atoms with van der Waals surface area (Å²) in [5, 5.41) is 4.21. The predicted molar refractivity (Wildman–Crippen MR) is 76.6 cm³/mol. The van der Waals surface area contributed by atoms with Gasteiger partial charge in [0.25, 0.3) is 0 Å². The first-order valence-electron chi connectivity index (χ1n) is 6.85. The highest BCUT2D eigenvalue weighted by Crippen LogP contribution is 2.18. The number of hydrogen-bond donors (Lipinski definition) is 1. The molecule has 0 radical (unpaired) electrons. The second-order valence-electron chi connectivity index (χ2n) is 5.57. The zero-order valence-electron chi connectivity index (χ0n) is 12.2. The van der Waals surface area contributed by atoms with Crippen molar-refractivity contribution in [2.45, 2.75) is 39.8 Å². The molecule has 2 aromatic rings. The molecule has 0 aliphatic rings. The molecule has 108 valence electrons. The van der Waals surface area contributed by atoms with E-state index in [4.69, 9.17) is 5.73 Å². The van der Waals surface area contributed by atoms with Crippen LogP contribution in [0, 0.1) is 18.7 Å². The molecule has 20 heavy (non-hydrogen) atoms. The minimum absolute atomic E-state index is 0.221. The molecule has 2 N–H and O–H groups in total. The normalized spacial score (nSPS) is 12.9. The Balaban J connectivity index is 2.13. The number of halogens is 1. The Hall–Kier alpha value is -1.75. The zero-order valence-corrected chi connectivity index (χ0v) is 12.2. The van der Waals surface area contributed by atoms with Crippen molar-refractivity contribution >= 4 is 0 Å². The van der Waals surface area contributed by atoms with Crippen LogP contribution in [0.1, 0.15) is 36.8 Å². The molecular formula is C15H21FN4. The molecule has 0 bridgehead atoms. The predicted octanol–water partition coefficient (Wildman–Crippen LogP) is 2.62. The molecule has 1 aromatic heterocycles. The van der Waals surface area contributed by atoms with Gasteiger partial charge in [-0.3, -0.25) is 0 Å². The molecule has 4 nitrogen and oxygen atoms in total. The van der Waals surface area contributed by atoms with Crippen LogP contribution in [0.15, 0.2) is 24.5 Å². The standard InChI is InChI=1S/C15H21FN4/c1-10(2)8-20-15(18-9-19-20)7-14(17)12-5-4-11(3)13(16)6-12/h4-6,9-10,14H,7-8,17H2,1-3H3. The number of rotatable bonds is 5. The van der Waals surface area contributed by atoms with Gasteiger partial charge >= 0.3 is 0 Å². The average Bonchev–Trinajstić information content (AvgIpc) is 2.79. The lowest BCUT2D eigenvalue weighted by Crippen LogP contribution is -2.18. The second-order valence-corrected chi connectivity index (χ2v) is 5.57. The van der Waals surface area contributed by atoms with Crippen LogP contribution in [0.4, 0.5) is 4.39 Å². The maximum absolute atomic E-state index is 13.6. The second kappa shape index (κ2) is 6.13. The van der Waals surface area contributed by atoms with Crippen LogP contribution in [0.2, 0.25) is 0 Å². The van der Waals surface area contributed by atoms with Gasteiger partial charge in [0.05, 0.1) is 0 Å². The zero-order chi connectivity index (χ0) is 14.7. The molecule has 5 heteroatoms. The van der Waals surface area contributed by atoms with Crippen LogP contribution in [0.5, 0.6) is 0 Å². The van der Waals surface area contributed by atoms with Gasteiger partial charge in [0.2, 0.25) is 0 Å². The third-order valence-electron chi connectivity index (χ3n) is 3.26. The molecule has 0 saturated heterocycles. The Morgan fingerprint density at radius 2 is 2.10 bits per heavy atom. The maximum Gasteiger partial charge on any atom is 0.138 e. The smallest absolute Gasteiger partial charge is 0.138 e. The molecular weight excluding hydrogens is 255 g/mol.